The molecule has 2 aromatic heterocycles. The molecule has 0 aromatic carbocycles. The Kier molecular flexibility index (Phi) is 3.49. The minimum atomic E-state index is -0.139. The third-order valence-corrected chi connectivity index (χ3v) is 2.30. The van der Waals surface area contributed by atoms with E-state index in [1.165, 1.54) is 6.07 Å². The van der Waals surface area contributed by atoms with Crippen LogP contribution in [-0.2, 0) is 13.0 Å². The van der Waals surface area contributed by atoms with E-state index in [9.17, 15) is 4.79 Å². The van der Waals surface area contributed by atoms with E-state index < -0.39 is 0 Å². The average Bonchev–Trinajstić information content (AvgIpc) is 2.37. The van der Waals surface area contributed by atoms with Crippen molar-refractivity contribution in [3.63, 3.8) is 0 Å². The van der Waals surface area contributed by atoms with Gasteiger partial charge in [-0.15, -0.1) is 0 Å². The molecule has 88 valence electrons. The van der Waals surface area contributed by atoms with Crippen LogP contribution in [0, 0.1) is 0 Å². The van der Waals surface area contributed by atoms with E-state index in [0.717, 1.165) is 5.69 Å². The molecule has 0 aliphatic carbocycles. The van der Waals surface area contributed by atoms with Crippen LogP contribution in [0.1, 0.15) is 18.4 Å². The fourth-order valence-corrected chi connectivity index (χ4v) is 1.45. The lowest BCUT2D eigenvalue weighted by Gasteiger charge is -2.05. The monoisotopic (exact) mass is 230 g/mol. The number of hydrogen-bond donors (Lipinski definition) is 2. The highest BCUT2D eigenvalue weighted by molar-refractivity contribution is 5.33. The lowest BCUT2D eigenvalue weighted by molar-refractivity contribution is 0.910. The molecule has 2 rings (SSSR count). The summed E-state index contributed by atoms with van der Waals surface area (Å²) >= 11 is 0. The largest absolute Gasteiger partial charge is 0.364 e. The number of H-pyrrole nitrogens is 1. The van der Waals surface area contributed by atoms with Crippen molar-refractivity contribution in [2.45, 2.75) is 19.9 Å². The Labute approximate surface area is 99.0 Å². The second-order valence-electron chi connectivity index (χ2n) is 3.61. The first-order chi connectivity index (χ1) is 8.28. The number of nitrogens with one attached hydrogen (secondary N) is 2. The summed E-state index contributed by atoms with van der Waals surface area (Å²) in [6, 6.07) is 7.15. The van der Waals surface area contributed by atoms with Gasteiger partial charge in [0.05, 0.1) is 12.2 Å². The van der Waals surface area contributed by atoms with Crippen molar-refractivity contribution < 1.29 is 0 Å². The van der Waals surface area contributed by atoms with Crippen LogP contribution in [0.15, 0.2) is 35.3 Å². The van der Waals surface area contributed by atoms with Crippen LogP contribution in [0.2, 0.25) is 0 Å². The fraction of sp³-hybridized carbons (Fsp3) is 0.250. The van der Waals surface area contributed by atoms with Crippen molar-refractivity contribution in [1.29, 1.82) is 0 Å². The van der Waals surface area contributed by atoms with Crippen LogP contribution in [0.5, 0.6) is 0 Å². The van der Waals surface area contributed by atoms with E-state index in [4.69, 9.17) is 0 Å². The van der Waals surface area contributed by atoms with Gasteiger partial charge in [-0.1, -0.05) is 13.0 Å². The zero-order valence-electron chi connectivity index (χ0n) is 9.60. The lowest BCUT2D eigenvalue weighted by Crippen LogP contribution is -2.13. The number of anilines is 1. The fourth-order valence-electron chi connectivity index (χ4n) is 1.45. The Morgan fingerprint density at radius 2 is 2.29 bits per heavy atom. The lowest BCUT2D eigenvalue weighted by atomic mass is 10.3. The first-order valence-corrected chi connectivity index (χ1v) is 5.52. The summed E-state index contributed by atoms with van der Waals surface area (Å²) in [6.07, 6.45) is 2.44. The summed E-state index contributed by atoms with van der Waals surface area (Å²) in [4.78, 5) is 22.5. The molecule has 0 unspecified atom stereocenters. The molecule has 0 amide bonds. The molecule has 0 spiro atoms. The Balaban J connectivity index is 2.09. The summed E-state index contributed by atoms with van der Waals surface area (Å²) in [6.45, 7) is 2.50. The van der Waals surface area contributed by atoms with E-state index in [-0.39, 0.29) is 5.56 Å². The molecule has 0 bridgehead atoms. The van der Waals surface area contributed by atoms with Gasteiger partial charge >= 0.3 is 0 Å². The molecule has 0 aliphatic heterocycles. The first-order valence-electron chi connectivity index (χ1n) is 5.52. The second kappa shape index (κ2) is 5.25. The molecular weight excluding hydrogens is 216 g/mol. The summed E-state index contributed by atoms with van der Waals surface area (Å²) in [5.74, 6) is 1.26. The molecule has 5 nitrogen and oxygen atoms in total. The molecule has 0 saturated heterocycles. The van der Waals surface area contributed by atoms with Crippen molar-refractivity contribution in [3.8, 4) is 0 Å². The molecule has 2 heterocycles. The van der Waals surface area contributed by atoms with Crippen LogP contribution < -0.4 is 10.9 Å². The predicted octanol–water partition coefficient (Wildman–Crippen LogP) is 1.34. The van der Waals surface area contributed by atoms with Crippen molar-refractivity contribution >= 4 is 5.82 Å². The van der Waals surface area contributed by atoms with E-state index in [1.807, 2.05) is 25.1 Å². The van der Waals surface area contributed by atoms with Gasteiger partial charge in [-0.05, 0) is 12.1 Å². The maximum absolute atomic E-state index is 11.3. The number of hydrogen-bond acceptors (Lipinski definition) is 4. The van der Waals surface area contributed by atoms with Gasteiger partial charge in [0.25, 0.3) is 5.56 Å². The predicted molar refractivity (Wildman–Crippen MR) is 65.8 cm³/mol. The van der Waals surface area contributed by atoms with Crippen LogP contribution >= 0.6 is 0 Å². The molecule has 0 atom stereocenters. The molecule has 0 radical (unpaired) electrons. The smallest absolute Gasteiger partial charge is 0.252 e. The van der Waals surface area contributed by atoms with Crippen LogP contribution in [0.3, 0.4) is 0 Å². The average molecular weight is 230 g/mol. The van der Waals surface area contributed by atoms with Crippen LogP contribution in [0.25, 0.3) is 0 Å². The molecule has 5 heteroatoms. The summed E-state index contributed by atoms with van der Waals surface area (Å²) < 4.78 is 0. The van der Waals surface area contributed by atoms with Crippen LogP contribution in [0.4, 0.5) is 5.82 Å². The maximum Gasteiger partial charge on any atom is 0.252 e. The molecular formula is C12H14N4O. The van der Waals surface area contributed by atoms with Gasteiger partial charge in [0, 0.05) is 18.7 Å². The van der Waals surface area contributed by atoms with Gasteiger partial charge in [-0.25, -0.2) is 4.98 Å². The zero-order chi connectivity index (χ0) is 12.1. The number of aryl methyl sites for hydroxylation is 1. The van der Waals surface area contributed by atoms with E-state index in [2.05, 4.69) is 20.3 Å². The van der Waals surface area contributed by atoms with Crippen LogP contribution in [-0.4, -0.2) is 15.0 Å². The first kappa shape index (κ1) is 11.3. The molecule has 0 aliphatic rings. The third kappa shape index (κ3) is 3.14. The van der Waals surface area contributed by atoms with Crippen molar-refractivity contribution in [1.82, 2.24) is 15.0 Å². The zero-order valence-corrected chi connectivity index (χ0v) is 9.60. The number of rotatable bonds is 4. The Hall–Kier alpha value is -2.17. The summed E-state index contributed by atoms with van der Waals surface area (Å²) in [5, 5.41) is 3.08. The van der Waals surface area contributed by atoms with Crippen molar-refractivity contribution in [2.24, 2.45) is 0 Å². The van der Waals surface area contributed by atoms with Crippen molar-refractivity contribution in [3.05, 3.63) is 52.3 Å². The van der Waals surface area contributed by atoms with E-state index in [0.29, 0.717) is 24.6 Å². The maximum atomic E-state index is 11.3. The molecule has 2 N–H and O–H groups in total. The molecule has 17 heavy (non-hydrogen) atoms. The second-order valence-corrected chi connectivity index (χ2v) is 3.61. The number of pyridine rings is 1. The number of aromatic nitrogens is 3. The van der Waals surface area contributed by atoms with E-state index in [1.54, 1.807) is 6.20 Å². The molecule has 0 fully saturated rings. The van der Waals surface area contributed by atoms with Gasteiger partial charge < -0.3 is 10.3 Å². The Bertz CT molecular complexity index is 536. The summed E-state index contributed by atoms with van der Waals surface area (Å²) in [7, 11) is 0. The van der Waals surface area contributed by atoms with Gasteiger partial charge in [0.2, 0.25) is 0 Å². The third-order valence-electron chi connectivity index (χ3n) is 2.30. The highest BCUT2D eigenvalue weighted by Crippen LogP contribution is 2.02. The molecule has 0 saturated carbocycles. The van der Waals surface area contributed by atoms with Gasteiger partial charge in [0.15, 0.2) is 0 Å². The Morgan fingerprint density at radius 3 is 3.00 bits per heavy atom. The number of aromatic amines is 1. The highest BCUT2D eigenvalue weighted by Gasteiger charge is 1.99. The number of nitrogens with zero attached hydrogens (tertiary/aromatic N) is 2. The van der Waals surface area contributed by atoms with Gasteiger partial charge in [-0.3, -0.25) is 9.78 Å². The minimum absolute atomic E-state index is 0.139. The molecule has 2 aromatic rings. The van der Waals surface area contributed by atoms with E-state index >= 15 is 0 Å². The topological polar surface area (TPSA) is 70.7 Å². The van der Waals surface area contributed by atoms with Crippen molar-refractivity contribution in [2.75, 3.05) is 5.32 Å². The highest BCUT2D eigenvalue weighted by atomic mass is 16.1. The quantitative estimate of drug-likeness (QED) is 0.831. The minimum Gasteiger partial charge on any atom is -0.364 e. The Morgan fingerprint density at radius 1 is 1.41 bits per heavy atom. The van der Waals surface area contributed by atoms with Gasteiger partial charge in [0.1, 0.15) is 11.6 Å². The van der Waals surface area contributed by atoms with Gasteiger partial charge in [-0.2, -0.15) is 0 Å². The normalized spacial score (nSPS) is 10.2. The summed E-state index contributed by atoms with van der Waals surface area (Å²) in [5.41, 5.74) is 0.771. The SMILES string of the molecule is CCc1nc(NCc2ccccn2)cc(=O)[nH]1. The standard InChI is InChI=1S/C12H14N4O/c1-2-10-15-11(7-12(17)16-10)14-8-9-5-3-4-6-13-9/h3-7H,2,8H2,1H3,(H2,14,15,16,17).